The van der Waals surface area contributed by atoms with Crippen LogP contribution in [0.3, 0.4) is 0 Å². The van der Waals surface area contributed by atoms with Gasteiger partial charge in [-0.05, 0) is 29.5 Å². The molecule has 2 bridgehead atoms. The van der Waals surface area contributed by atoms with Crippen molar-refractivity contribution in [2.24, 2.45) is 10.8 Å². The SMILES string of the molecule is Cc1cccc(/C=C2\C(=O)C3(C)CC(=O)C2(c2ccccc2)C3(C)C)c1. The van der Waals surface area contributed by atoms with Crippen molar-refractivity contribution in [1.29, 1.82) is 0 Å². The Morgan fingerprint density at radius 2 is 1.62 bits per heavy atom. The zero-order valence-corrected chi connectivity index (χ0v) is 15.8. The number of ketones is 2. The first-order valence-electron chi connectivity index (χ1n) is 9.17. The van der Waals surface area contributed by atoms with Gasteiger partial charge < -0.3 is 0 Å². The lowest BCUT2D eigenvalue weighted by molar-refractivity contribution is -0.130. The van der Waals surface area contributed by atoms with Gasteiger partial charge in [-0.3, -0.25) is 9.59 Å². The van der Waals surface area contributed by atoms with E-state index in [9.17, 15) is 9.59 Å². The highest BCUT2D eigenvalue weighted by Crippen LogP contribution is 2.71. The fourth-order valence-electron chi connectivity index (χ4n) is 5.22. The zero-order chi connectivity index (χ0) is 18.7. The molecule has 0 aliphatic heterocycles. The van der Waals surface area contributed by atoms with Gasteiger partial charge in [0.2, 0.25) is 0 Å². The third-order valence-electron chi connectivity index (χ3n) is 6.96. The van der Waals surface area contributed by atoms with Gasteiger partial charge in [0.15, 0.2) is 5.78 Å². The van der Waals surface area contributed by atoms with E-state index >= 15 is 0 Å². The first-order chi connectivity index (χ1) is 12.2. The van der Waals surface area contributed by atoms with Crippen LogP contribution in [0.1, 0.15) is 43.9 Å². The summed E-state index contributed by atoms with van der Waals surface area (Å²) in [6.45, 7) is 8.17. The van der Waals surface area contributed by atoms with Gasteiger partial charge in [-0.2, -0.15) is 0 Å². The average molecular weight is 344 g/mol. The second kappa shape index (κ2) is 5.26. The molecule has 4 rings (SSSR count). The molecule has 0 aromatic heterocycles. The Kier molecular flexibility index (Phi) is 3.43. The summed E-state index contributed by atoms with van der Waals surface area (Å²) in [4.78, 5) is 26.9. The molecule has 132 valence electrons. The molecule has 2 saturated carbocycles. The average Bonchev–Trinajstić information content (AvgIpc) is 2.83. The molecule has 0 radical (unpaired) electrons. The van der Waals surface area contributed by atoms with E-state index in [0.29, 0.717) is 12.0 Å². The Morgan fingerprint density at radius 3 is 2.27 bits per heavy atom. The van der Waals surface area contributed by atoms with Crippen LogP contribution in [0.4, 0.5) is 0 Å². The summed E-state index contributed by atoms with van der Waals surface area (Å²) in [6, 6.07) is 17.9. The summed E-state index contributed by atoms with van der Waals surface area (Å²) in [6.07, 6.45) is 2.27. The molecule has 2 nitrogen and oxygen atoms in total. The van der Waals surface area contributed by atoms with Gasteiger partial charge in [-0.1, -0.05) is 80.9 Å². The van der Waals surface area contributed by atoms with Crippen molar-refractivity contribution in [3.05, 3.63) is 76.9 Å². The van der Waals surface area contributed by atoms with Crippen LogP contribution in [0.25, 0.3) is 6.08 Å². The normalized spacial score (nSPS) is 31.0. The maximum absolute atomic E-state index is 13.5. The molecule has 0 saturated heterocycles. The molecule has 0 heterocycles. The van der Waals surface area contributed by atoms with E-state index in [0.717, 1.165) is 16.7 Å². The maximum Gasteiger partial charge on any atom is 0.167 e. The van der Waals surface area contributed by atoms with Gasteiger partial charge in [0.05, 0.1) is 5.41 Å². The third-order valence-corrected chi connectivity index (χ3v) is 6.96. The van der Waals surface area contributed by atoms with E-state index in [1.165, 1.54) is 0 Å². The van der Waals surface area contributed by atoms with E-state index in [4.69, 9.17) is 0 Å². The highest BCUT2D eigenvalue weighted by atomic mass is 16.1. The summed E-state index contributed by atoms with van der Waals surface area (Å²) in [5.74, 6) is 0.280. The second-order valence-corrected chi connectivity index (χ2v) is 8.47. The lowest BCUT2D eigenvalue weighted by Crippen LogP contribution is -2.42. The molecule has 26 heavy (non-hydrogen) atoms. The Morgan fingerprint density at radius 1 is 0.923 bits per heavy atom. The van der Waals surface area contributed by atoms with E-state index in [1.54, 1.807) is 0 Å². The van der Waals surface area contributed by atoms with Crippen molar-refractivity contribution < 1.29 is 9.59 Å². The minimum absolute atomic E-state index is 0.118. The summed E-state index contributed by atoms with van der Waals surface area (Å²) in [5, 5.41) is 0. The predicted molar refractivity (Wildman–Crippen MR) is 104 cm³/mol. The lowest BCUT2D eigenvalue weighted by atomic mass is 9.61. The van der Waals surface area contributed by atoms with Gasteiger partial charge >= 0.3 is 0 Å². The Bertz CT molecular complexity index is 951. The third kappa shape index (κ3) is 1.82. The molecule has 2 aliphatic rings. The predicted octanol–water partition coefficient (Wildman–Crippen LogP) is 4.90. The number of carbonyl (C=O) groups is 2. The summed E-state index contributed by atoms with van der Waals surface area (Å²) in [7, 11) is 0. The number of hydrogen-bond acceptors (Lipinski definition) is 2. The van der Waals surface area contributed by atoms with Crippen LogP contribution in [0.5, 0.6) is 0 Å². The van der Waals surface area contributed by atoms with Gasteiger partial charge in [0.1, 0.15) is 5.78 Å². The minimum atomic E-state index is -0.871. The summed E-state index contributed by atoms with van der Waals surface area (Å²) >= 11 is 0. The van der Waals surface area contributed by atoms with Gasteiger partial charge in [0, 0.05) is 17.4 Å². The molecule has 2 aliphatic carbocycles. The molecule has 2 heteroatoms. The summed E-state index contributed by atoms with van der Waals surface area (Å²) < 4.78 is 0. The van der Waals surface area contributed by atoms with Crippen molar-refractivity contribution in [3.8, 4) is 0 Å². The maximum atomic E-state index is 13.5. The molecule has 2 unspecified atom stereocenters. The molecule has 2 atom stereocenters. The number of benzene rings is 2. The first-order valence-corrected chi connectivity index (χ1v) is 9.17. The van der Waals surface area contributed by atoms with Gasteiger partial charge in [-0.15, -0.1) is 0 Å². The van der Waals surface area contributed by atoms with Crippen molar-refractivity contribution >= 4 is 17.6 Å². The smallest absolute Gasteiger partial charge is 0.167 e. The van der Waals surface area contributed by atoms with Crippen LogP contribution < -0.4 is 0 Å². The molecule has 2 aromatic rings. The summed E-state index contributed by atoms with van der Waals surface area (Å²) in [5.41, 5.74) is 1.70. The Balaban J connectivity index is 2.05. The van der Waals surface area contributed by atoms with Gasteiger partial charge in [-0.25, -0.2) is 0 Å². The topological polar surface area (TPSA) is 34.1 Å². The molecular weight excluding hydrogens is 320 g/mol. The number of Topliss-reactive ketones (excluding diaryl/α,β-unsaturated/α-hetero) is 2. The number of carbonyl (C=O) groups excluding carboxylic acids is 2. The highest BCUT2D eigenvalue weighted by Gasteiger charge is 2.76. The molecular formula is C24H24O2. The van der Waals surface area contributed by atoms with Gasteiger partial charge in [0.25, 0.3) is 0 Å². The number of rotatable bonds is 2. The first kappa shape index (κ1) is 17.0. The van der Waals surface area contributed by atoms with Crippen LogP contribution in [0.15, 0.2) is 60.2 Å². The van der Waals surface area contributed by atoms with E-state index in [1.807, 2.05) is 68.5 Å². The van der Waals surface area contributed by atoms with Crippen molar-refractivity contribution in [1.82, 2.24) is 0 Å². The molecule has 0 N–H and O–H groups in total. The van der Waals surface area contributed by atoms with Crippen LogP contribution >= 0.6 is 0 Å². The lowest BCUT2D eigenvalue weighted by Gasteiger charge is -2.39. The second-order valence-electron chi connectivity index (χ2n) is 8.47. The van der Waals surface area contributed by atoms with Crippen molar-refractivity contribution in [2.75, 3.05) is 0 Å². The molecule has 2 fully saturated rings. The standard InChI is InChI=1S/C24H24O2/c1-16-9-8-10-17(13-16)14-19-21(26)23(4)15-20(25)24(19,22(23,2)3)18-11-6-5-7-12-18/h5-14H,15H2,1-4H3/b19-14+. The monoisotopic (exact) mass is 344 g/mol. The molecule has 0 amide bonds. The quantitative estimate of drug-likeness (QED) is 0.726. The van der Waals surface area contributed by atoms with Crippen LogP contribution in [0.2, 0.25) is 0 Å². The van der Waals surface area contributed by atoms with Crippen molar-refractivity contribution in [2.45, 2.75) is 39.5 Å². The van der Waals surface area contributed by atoms with Crippen LogP contribution in [-0.2, 0) is 15.0 Å². The molecule has 0 spiro atoms. The van der Waals surface area contributed by atoms with Crippen LogP contribution in [-0.4, -0.2) is 11.6 Å². The number of aryl methyl sites for hydroxylation is 1. The largest absolute Gasteiger partial charge is 0.298 e. The van der Waals surface area contributed by atoms with E-state index < -0.39 is 16.2 Å². The Labute approximate surface area is 154 Å². The van der Waals surface area contributed by atoms with E-state index in [2.05, 4.69) is 19.9 Å². The Hall–Kier alpha value is -2.48. The van der Waals surface area contributed by atoms with Crippen molar-refractivity contribution in [3.63, 3.8) is 0 Å². The fourth-order valence-corrected chi connectivity index (χ4v) is 5.22. The minimum Gasteiger partial charge on any atom is -0.298 e. The number of allylic oxidation sites excluding steroid dienone is 1. The fraction of sp³-hybridized carbons (Fsp3) is 0.333. The van der Waals surface area contributed by atoms with E-state index in [-0.39, 0.29) is 11.6 Å². The highest BCUT2D eigenvalue weighted by molar-refractivity contribution is 6.22. The molecule has 2 aromatic carbocycles. The van der Waals surface area contributed by atoms with Crippen LogP contribution in [0, 0.1) is 17.8 Å². The zero-order valence-electron chi connectivity index (χ0n) is 15.8. The number of hydrogen-bond donors (Lipinski definition) is 0. The number of fused-ring (bicyclic) bond motifs is 2.